The Morgan fingerprint density at radius 1 is 1.43 bits per heavy atom. The first-order valence-corrected chi connectivity index (χ1v) is 4.51. The van der Waals surface area contributed by atoms with Gasteiger partial charge in [-0.1, -0.05) is 15.9 Å². The van der Waals surface area contributed by atoms with Crippen LogP contribution in [0, 0.1) is 0 Å². The van der Waals surface area contributed by atoms with E-state index < -0.39 is 18.2 Å². The van der Waals surface area contributed by atoms with E-state index in [-0.39, 0.29) is 11.3 Å². The molecule has 0 aliphatic rings. The number of carbonyl (C=O) groups is 2. The third-order valence-corrected chi connectivity index (χ3v) is 2.06. The van der Waals surface area contributed by atoms with Crippen LogP contribution in [0.4, 0.5) is 0 Å². The fraction of sp³-hybridized carbons (Fsp3) is 0.111. The number of aromatic hydroxyl groups is 1. The van der Waals surface area contributed by atoms with Gasteiger partial charge in [0.2, 0.25) is 0 Å². The van der Waals surface area contributed by atoms with Crippen molar-refractivity contribution in [2.45, 2.75) is 6.42 Å². The molecule has 0 aliphatic carbocycles. The third kappa shape index (κ3) is 2.56. The van der Waals surface area contributed by atoms with Crippen molar-refractivity contribution in [2.75, 3.05) is 0 Å². The summed E-state index contributed by atoms with van der Waals surface area (Å²) >= 11 is 3.10. The third-order valence-electron chi connectivity index (χ3n) is 1.56. The lowest BCUT2D eigenvalue weighted by molar-refractivity contribution is -0.304. The van der Waals surface area contributed by atoms with Gasteiger partial charge in [-0.3, -0.25) is 4.79 Å². The Morgan fingerprint density at radius 2 is 2.07 bits per heavy atom. The smallest absolute Gasteiger partial charge is 0.172 e. The number of ketones is 1. The standard InChI is InChI=1S/C9H7BrO4/c10-5-1-2-7(11)6(3-5)8(12)4-9(13)14/h1-3,11H,4H2,(H,13,14)/p-1. The summed E-state index contributed by atoms with van der Waals surface area (Å²) in [4.78, 5) is 21.4. The second-order valence-electron chi connectivity index (χ2n) is 2.63. The van der Waals surface area contributed by atoms with E-state index in [1.807, 2.05) is 0 Å². The number of hydrogen-bond acceptors (Lipinski definition) is 4. The number of aliphatic carboxylic acids is 1. The molecule has 74 valence electrons. The lowest BCUT2D eigenvalue weighted by atomic mass is 10.1. The Morgan fingerprint density at radius 3 is 2.64 bits per heavy atom. The minimum atomic E-state index is -1.46. The Hall–Kier alpha value is -1.36. The lowest BCUT2D eigenvalue weighted by Gasteiger charge is -2.04. The van der Waals surface area contributed by atoms with Crippen molar-refractivity contribution in [1.29, 1.82) is 0 Å². The van der Waals surface area contributed by atoms with Crippen LogP contribution >= 0.6 is 15.9 Å². The number of carbonyl (C=O) groups excluding carboxylic acids is 2. The van der Waals surface area contributed by atoms with E-state index in [9.17, 15) is 19.8 Å². The summed E-state index contributed by atoms with van der Waals surface area (Å²) in [6, 6.07) is 4.22. The SMILES string of the molecule is O=C([O-])CC(=O)c1cc(Br)ccc1O. The predicted octanol–water partition coefficient (Wildman–Crippen LogP) is 0.477. The first kappa shape index (κ1) is 10.7. The molecule has 0 amide bonds. The van der Waals surface area contributed by atoms with Gasteiger partial charge in [-0.05, 0) is 18.2 Å². The number of Topliss-reactive ketones (excluding diaryl/α,β-unsaturated/α-hetero) is 1. The van der Waals surface area contributed by atoms with E-state index in [0.717, 1.165) is 0 Å². The van der Waals surface area contributed by atoms with E-state index >= 15 is 0 Å². The van der Waals surface area contributed by atoms with Crippen molar-refractivity contribution < 1.29 is 19.8 Å². The largest absolute Gasteiger partial charge is 0.550 e. The normalized spacial score (nSPS) is 9.79. The minimum Gasteiger partial charge on any atom is -0.550 e. The van der Waals surface area contributed by atoms with Gasteiger partial charge in [-0.25, -0.2) is 0 Å². The molecule has 0 bridgehead atoms. The fourth-order valence-electron chi connectivity index (χ4n) is 0.958. The Labute approximate surface area is 88.3 Å². The molecule has 0 atom stereocenters. The maximum atomic E-state index is 11.2. The van der Waals surface area contributed by atoms with E-state index in [4.69, 9.17) is 0 Å². The van der Waals surface area contributed by atoms with Crippen LogP contribution in [0.3, 0.4) is 0 Å². The molecule has 0 fully saturated rings. The van der Waals surface area contributed by atoms with Crippen molar-refractivity contribution in [3.05, 3.63) is 28.2 Å². The van der Waals surface area contributed by atoms with Gasteiger partial charge in [0.05, 0.1) is 12.0 Å². The predicted molar refractivity (Wildman–Crippen MR) is 49.8 cm³/mol. The van der Waals surface area contributed by atoms with Crippen LogP contribution in [0.2, 0.25) is 0 Å². The molecule has 1 N–H and O–H groups in total. The Kier molecular flexibility index (Phi) is 3.24. The van der Waals surface area contributed by atoms with Crippen LogP contribution < -0.4 is 5.11 Å². The zero-order valence-electron chi connectivity index (χ0n) is 6.99. The number of carboxylic acid groups (broad SMARTS) is 1. The van der Waals surface area contributed by atoms with Crippen LogP contribution in [0.1, 0.15) is 16.8 Å². The van der Waals surface area contributed by atoms with Crippen molar-refractivity contribution >= 4 is 27.7 Å². The summed E-state index contributed by atoms with van der Waals surface area (Å²) in [5.41, 5.74) is -0.0245. The lowest BCUT2D eigenvalue weighted by Crippen LogP contribution is -2.25. The van der Waals surface area contributed by atoms with Crippen molar-refractivity contribution in [3.63, 3.8) is 0 Å². The molecule has 1 aromatic rings. The zero-order valence-corrected chi connectivity index (χ0v) is 8.58. The van der Waals surface area contributed by atoms with Gasteiger partial charge in [0.15, 0.2) is 5.78 Å². The highest BCUT2D eigenvalue weighted by molar-refractivity contribution is 9.10. The highest BCUT2D eigenvalue weighted by Gasteiger charge is 2.11. The summed E-state index contributed by atoms with van der Waals surface area (Å²) in [5, 5.41) is 19.4. The average Bonchev–Trinajstić information content (AvgIpc) is 2.08. The molecule has 0 saturated heterocycles. The van der Waals surface area contributed by atoms with E-state index in [0.29, 0.717) is 4.47 Å². The van der Waals surface area contributed by atoms with E-state index in [2.05, 4.69) is 15.9 Å². The Balaban J connectivity index is 3.00. The molecule has 0 aromatic heterocycles. The van der Waals surface area contributed by atoms with Crippen molar-refractivity contribution in [3.8, 4) is 5.75 Å². The summed E-state index contributed by atoms with van der Waals surface area (Å²) in [6.07, 6.45) is -0.732. The number of phenols is 1. The molecule has 0 radical (unpaired) electrons. The minimum absolute atomic E-state index is 0.0245. The molecule has 1 rings (SSSR count). The number of carboxylic acids is 1. The molecule has 4 nitrogen and oxygen atoms in total. The highest BCUT2D eigenvalue weighted by Crippen LogP contribution is 2.22. The van der Waals surface area contributed by atoms with E-state index in [1.54, 1.807) is 6.07 Å². The summed E-state index contributed by atoms with van der Waals surface area (Å²) in [7, 11) is 0. The monoisotopic (exact) mass is 257 g/mol. The number of hydrogen-bond donors (Lipinski definition) is 1. The molecule has 14 heavy (non-hydrogen) atoms. The average molecular weight is 258 g/mol. The quantitative estimate of drug-likeness (QED) is 0.631. The number of rotatable bonds is 3. The summed E-state index contributed by atoms with van der Waals surface area (Å²) in [5.74, 6) is -2.38. The maximum Gasteiger partial charge on any atom is 0.172 e. The molecule has 0 aliphatic heterocycles. The summed E-state index contributed by atoms with van der Waals surface area (Å²) in [6.45, 7) is 0. The molecule has 0 unspecified atom stereocenters. The second kappa shape index (κ2) is 4.23. The molecular weight excluding hydrogens is 252 g/mol. The van der Waals surface area contributed by atoms with Crippen LogP contribution in [0.5, 0.6) is 5.75 Å². The Bertz CT molecular complexity index is 386. The molecule has 0 heterocycles. The van der Waals surface area contributed by atoms with Crippen molar-refractivity contribution in [1.82, 2.24) is 0 Å². The van der Waals surface area contributed by atoms with Gasteiger partial charge in [-0.15, -0.1) is 0 Å². The van der Waals surface area contributed by atoms with Gasteiger partial charge in [0.25, 0.3) is 0 Å². The van der Waals surface area contributed by atoms with Gasteiger partial charge >= 0.3 is 0 Å². The van der Waals surface area contributed by atoms with Gasteiger partial charge in [-0.2, -0.15) is 0 Å². The first-order chi connectivity index (χ1) is 6.50. The van der Waals surface area contributed by atoms with Crippen LogP contribution in [-0.4, -0.2) is 16.9 Å². The van der Waals surface area contributed by atoms with Crippen LogP contribution in [0.25, 0.3) is 0 Å². The second-order valence-corrected chi connectivity index (χ2v) is 3.55. The van der Waals surface area contributed by atoms with E-state index in [1.165, 1.54) is 12.1 Å². The zero-order chi connectivity index (χ0) is 10.7. The maximum absolute atomic E-state index is 11.2. The number of benzene rings is 1. The highest BCUT2D eigenvalue weighted by atomic mass is 79.9. The first-order valence-electron chi connectivity index (χ1n) is 3.72. The number of phenolic OH excluding ortho intramolecular Hbond substituents is 1. The fourth-order valence-corrected chi connectivity index (χ4v) is 1.32. The van der Waals surface area contributed by atoms with Gasteiger partial charge in [0.1, 0.15) is 5.75 Å². The molecule has 1 aromatic carbocycles. The molecule has 0 saturated carbocycles. The molecular formula is C9H6BrO4-. The van der Waals surface area contributed by atoms with Gasteiger partial charge < -0.3 is 15.0 Å². The van der Waals surface area contributed by atoms with Crippen LogP contribution in [-0.2, 0) is 4.79 Å². The number of halogens is 1. The van der Waals surface area contributed by atoms with Gasteiger partial charge in [0, 0.05) is 10.4 Å². The topological polar surface area (TPSA) is 77.4 Å². The molecule has 0 spiro atoms. The summed E-state index contributed by atoms with van der Waals surface area (Å²) < 4.78 is 0.594. The molecule has 5 heteroatoms. The van der Waals surface area contributed by atoms with Crippen molar-refractivity contribution in [2.24, 2.45) is 0 Å². The van der Waals surface area contributed by atoms with Crippen LogP contribution in [0.15, 0.2) is 22.7 Å².